The molecule has 2 nitrogen and oxygen atoms in total. The van der Waals surface area contributed by atoms with Crippen LogP contribution in [0.1, 0.15) is 33.3 Å². The fraction of sp³-hybridized carbons (Fsp3) is 0.429. The van der Waals surface area contributed by atoms with Gasteiger partial charge in [-0.15, -0.1) is 0 Å². The van der Waals surface area contributed by atoms with Crippen LogP contribution < -0.4 is 4.72 Å². The highest BCUT2D eigenvalue weighted by atomic mass is 32.2. The van der Waals surface area contributed by atoms with Crippen LogP contribution in [-0.4, -0.2) is 8.96 Å². The van der Waals surface area contributed by atoms with Crippen molar-refractivity contribution in [3.05, 3.63) is 41.0 Å². The van der Waals surface area contributed by atoms with Gasteiger partial charge in [-0.2, -0.15) is 0 Å². The molecular weight excluding hydrogens is 230 g/mol. The molecule has 0 aromatic heterocycles. The lowest BCUT2D eigenvalue weighted by atomic mass is 9.54. The van der Waals surface area contributed by atoms with Crippen LogP contribution in [0, 0.1) is 0 Å². The number of hydrogen-bond acceptors (Lipinski definition) is 1. The van der Waals surface area contributed by atoms with E-state index in [1.54, 1.807) is 0 Å². The standard InChI is InChI=1S/C14H17NOS/c1-9-10(2)14(4)13(9,3)11-7-5-6-8-12(11)15-17(14)16/h5-8,15H,1-4H3. The van der Waals surface area contributed by atoms with E-state index in [2.05, 4.69) is 44.5 Å². The molecule has 1 aliphatic carbocycles. The fourth-order valence-electron chi connectivity index (χ4n) is 3.40. The van der Waals surface area contributed by atoms with Gasteiger partial charge in [-0.25, -0.2) is 4.21 Å². The third-order valence-electron chi connectivity index (χ3n) is 5.02. The average Bonchev–Trinajstić information content (AvgIpc) is 2.34. The second-order valence-corrected chi connectivity index (χ2v) is 6.88. The molecule has 0 amide bonds. The summed E-state index contributed by atoms with van der Waals surface area (Å²) in [6.45, 7) is 8.59. The van der Waals surface area contributed by atoms with Crippen LogP contribution in [0.2, 0.25) is 0 Å². The van der Waals surface area contributed by atoms with E-state index in [0.717, 1.165) is 5.69 Å². The van der Waals surface area contributed by atoms with Crippen LogP contribution in [0.3, 0.4) is 0 Å². The quantitative estimate of drug-likeness (QED) is 0.701. The van der Waals surface area contributed by atoms with Gasteiger partial charge in [0.05, 0.1) is 10.4 Å². The number of nitrogens with one attached hydrogen (secondary N) is 1. The number of anilines is 1. The summed E-state index contributed by atoms with van der Waals surface area (Å²) < 4.78 is 15.3. The van der Waals surface area contributed by atoms with E-state index in [1.165, 1.54) is 16.7 Å². The Morgan fingerprint density at radius 2 is 1.76 bits per heavy atom. The molecule has 1 aliphatic heterocycles. The van der Waals surface area contributed by atoms with Gasteiger partial charge in [-0.05, 0) is 39.3 Å². The highest BCUT2D eigenvalue weighted by Crippen LogP contribution is 2.61. The van der Waals surface area contributed by atoms with Crippen LogP contribution in [0.25, 0.3) is 0 Å². The second kappa shape index (κ2) is 3.02. The highest BCUT2D eigenvalue weighted by Gasteiger charge is 2.63. The summed E-state index contributed by atoms with van der Waals surface area (Å²) in [6, 6.07) is 8.20. The first-order chi connectivity index (χ1) is 7.94. The van der Waals surface area contributed by atoms with Gasteiger partial charge in [0.1, 0.15) is 11.0 Å². The summed E-state index contributed by atoms with van der Waals surface area (Å²) in [5, 5.41) is 0. The number of benzene rings is 1. The lowest BCUT2D eigenvalue weighted by molar-refractivity contribution is 0.375. The minimum absolute atomic E-state index is 0.0935. The Morgan fingerprint density at radius 3 is 2.47 bits per heavy atom. The zero-order valence-electron chi connectivity index (χ0n) is 10.6. The van der Waals surface area contributed by atoms with Gasteiger partial charge >= 0.3 is 0 Å². The Bertz CT molecular complexity index is 577. The van der Waals surface area contributed by atoms with Crippen molar-refractivity contribution in [2.75, 3.05) is 4.72 Å². The van der Waals surface area contributed by atoms with Crippen molar-refractivity contribution in [1.82, 2.24) is 0 Å². The molecule has 90 valence electrons. The summed E-state index contributed by atoms with van der Waals surface area (Å²) in [5.74, 6) is 0. The second-order valence-electron chi connectivity index (χ2n) is 5.32. The van der Waals surface area contributed by atoms with Crippen molar-refractivity contribution in [3.63, 3.8) is 0 Å². The van der Waals surface area contributed by atoms with Crippen LogP contribution in [-0.2, 0) is 16.4 Å². The van der Waals surface area contributed by atoms with Crippen LogP contribution in [0.4, 0.5) is 5.69 Å². The Morgan fingerprint density at radius 1 is 1.12 bits per heavy atom. The molecule has 1 aromatic carbocycles. The van der Waals surface area contributed by atoms with Gasteiger partial charge in [0.15, 0.2) is 0 Å². The normalized spacial score (nSPS) is 38.9. The zero-order chi connectivity index (χ0) is 12.4. The first-order valence-corrected chi connectivity index (χ1v) is 7.05. The van der Waals surface area contributed by atoms with Gasteiger partial charge < -0.3 is 4.72 Å². The van der Waals surface area contributed by atoms with Crippen molar-refractivity contribution in [1.29, 1.82) is 0 Å². The maximum Gasteiger partial charge on any atom is 0.128 e. The summed E-state index contributed by atoms with van der Waals surface area (Å²) >= 11 is 0. The van der Waals surface area contributed by atoms with Crippen LogP contribution >= 0.6 is 0 Å². The van der Waals surface area contributed by atoms with Gasteiger partial charge in [0, 0.05) is 5.41 Å². The molecule has 0 radical (unpaired) electrons. The van der Waals surface area contributed by atoms with E-state index >= 15 is 0 Å². The monoisotopic (exact) mass is 247 g/mol. The van der Waals surface area contributed by atoms with Crippen molar-refractivity contribution in [2.24, 2.45) is 0 Å². The molecule has 0 bridgehead atoms. The predicted molar refractivity (Wildman–Crippen MR) is 72.3 cm³/mol. The molecule has 0 fully saturated rings. The average molecular weight is 247 g/mol. The Balaban J connectivity index is 2.35. The molecular formula is C14H17NOS. The van der Waals surface area contributed by atoms with E-state index in [1.807, 2.05) is 12.1 Å². The van der Waals surface area contributed by atoms with Crippen LogP contribution in [0.15, 0.2) is 35.4 Å². The van der Waals surface area contributed by atoms with Crippen molar-refractivity contribution >= 4 is 16.7 Å². The largest absolute Gasteiger partial charge is 0.304 e. The van der Waals surface area contributed by atoms with Gasteiger partial charge in [0.2, 0.25) is 0 Å². The number of hydrogen-bond donors (Lipinski definition) is 1. The summed E-state index contributed by atoms with van der Waals surface area (Å²) in [4.78, 5) is 0. The number of para-hydroxylation sites is 1. The first-order valence-electron chi connectivity index (χ1n) is 5.90. The van der Waals surface area contributed by atoms with E-state index in [-0.39, 0.29) is 10.2 Å². The molecule has 0 saturated carbocycles. The molecule has 3 heteroatoms. The summed E-state index contributed by atoms with van der Waals surface area (Å²) in [6.07, 6.45) is 0. The highest BCUT2D eigenvalue weighted by molar-refractivity contribution is 7.88. The van der Waals surface area contributed by atoms with Gasteiger partial charge in [-0.3, -0.25) is 0 Å². The zero-order valence-corrected chi connectivity index (χ0v) is 11.4. The SMILES string of the molecule is CC1=C(C)C2(C)S(=O)Nc3ccccc3C12C. The Kier molecular flexibility index (Phi) is 1.96. The van der Waals surface area contributed by atoms with Crippen LogP contribution in [0.5, 0.6) is 0 Å². The third kappa shape index (κ3) is 0.959. The molecule has 0 spiro atoms. The molecule has 3 rings (SSSR count). The number of fused-ring (bicyclic) bond motifs is 3. The topological polar surface area (TPSA) is 29.1 Å². The molecule has 17 heavy (non-hydrogen) atoms. The molecule has 3 atom stereocenters. The predicted octanol–water partition coefficient (Wildman–Crippen LogP) is 3.14. The van der Waals surface area contributed by atoms with E-state index in [0.29, 0.717) is 0 Å². The van der Waals surface area contributed by atoms with Gasteiger partial charge in [-0.1, -0.05) is 29.3 Å². The van der Waals surface area contributed by atoms with E-state index < -0.39 is 11.0 Å². The molecule has 1 heterocycles. The lowest BCUT2D eigenvalue weighted by Gasteiger charge is -2.59. The lowest BCUT2D eigenvalue weighted by Crippen LogP contribution is -2.63. The number of allylic oxidation sites excluding steroid dienone is 1. The van der Waals surface area contributed by atoms with E-state index in [9.17, 15) is 4.21 Å². The molecule has 0 saturated heterocycles. The van der Waals surface area contributed by atoms with E-state index in [4.69, 9.17) is 0 Å². The van der Waals surface area contributed by atoms with Crippen molar-refractivity contribution in [3.8, 4) is 0 Å². The van der Waals surface area contributed by atoms with Gasteiger partial charge in [0.25, 0.3) is 0 Å². The third-order valence-corrected chi connectivity index (χ3v) is 6.88. The fourth-order valence-corrected chi connectivity index (χ4v) is 5.04. The smallest absolute Gasteiger partial charge is 0.128 e. The molecule has 2 aliphatic rings. The Hall–Kier alpha value is -1.09. The minimum atomic E-state index is -1.05. The molecule has 3 unspecified atom stereocenters. The first kappa shape index (κ1) is 11.0. The maximum absolute atomic E-state index is 12.5. The van der Waals surface area contributed by atoms with Crippen molar-refractivity contribution < 1.29 is 4.21 Å². The summed E-state index contributed by atoms with van der Waals surface area (Å²) in [7, 11) is -1.05. The Labute approximate surface area is 105 Å². The molecule has 1 aromatic rings. The maximum atomic E-state index is 12.5. The van der Waals surface area contributed by atoms with Crippen molar-refractivity contribution in [2.45, 2.75) is 37.9 Å². The minimum Gasteiger partial charge on any atom is -0.304 e. The number of rotatable bonds is 0. The summed E-state index contributed by atoms with van der Waals surface area (Å²) in [5.41, 5.74) is 4.81. The molecule has 1 N–H and O–H groups in total.